The Bertz CT molecular complexity index is 382. The van der Waals surface area contributed by atoms with Crippen LogP contribution >= 0.6 is 0 Å². The Hall–Kier alpha value is -1.06. The molecule has 1 heterocycles. The lowest BCUT2D eigenvalue weighted by molar-refractivity contribution is -0.0704. The summed E-state index contributed by atoms with van der Waals surface area (Å²) in [5.74, 6) is 0. The van der Waals surface area contributed by atoms with E-state index in [1.54, 1.807) is 0 Å². The van der Waals surface area contributed by atoms with Crippen molar-refractivity contribution in [3.05, 3.63) is 29.3 Å². The van der Waals surface area contributed by atoms with E-state index in [9.17, 15) is 0 Å². The first kappa shape index (κ1) is 12.4. The minimum Gasteiger partial charge on any atom is -0.398 e. The summed E-state index contributed by atoms with van der Waals surface area (Å²) >= 11 is 0. The van der Waals surface area contributed by atoms with E-state index in [4.69, 9.17) is 10.5 Å². The molecule has 2 atom stereocenters. The van der Waals surface area contributed by atoms with Crippen molar-refractivity contribution in [3.63, 3.8) is 0 Å². The molecule has 17 heavy (non-hydrogen) atoms. The minimum absolute atomic E-state index is 0.310. The second kappa shape index (κ2) is 5.07. The summed E-state index contributed by atoms with van der Waals surface area (Å²) in [6.45, 7) is 9.25. The lowest BCUT2D eigenvalue weighted by atomic mass is 10.1. The number of hydrogen-bond acceptors (Lipinski definition) is 3. The van der Waals surface area contributed by atoms with Gasteiger partial charge in [0.25, 0.3) is 0 Å². The van der Waals surface area contributed by atoms with Crippen LogP contribution in [0.25, 0.3) is 0 Å². The van der Waals surface area contributed by atoms with Crippen LogP contribution in [-0.2, 0) is 11.3 Å². The number of hydrogen-bond donors (Lipinski definition) is 1. The maximum Gasteiger partial charge on any atom is 0.0678 e. The SMILES string of the molecule is Cc1ccc(N)c(CN2C[C@@H](C)O[C@@H](C)C2)c1. The highest BCUT2D eigenvalue weighted by molar-refractivity contribution is 5.48. The van der Waals surface area contributed by atoms with Crippen LogP contribution in [0.15, 0.2) is 18.2 Å². The molecule has 0 aromatic heterocycles. The highest BCUT2D eigenvalue weighted by Crippen LogP contribution is 2.19. The zero-order valence-corrected chi connectivity index (χ0v) is 10.9. The number of rotatable bonds is 2. The summed E-state index contributed by atoms with van der Waals surface area (Å²) in [5, 5.41) is 0. The van der Waals surface area contributed by atoms with Gasteiger partial charge in [0, 0.05) is 25.3 Å². The molecule has 1 aliphatic heterocycles. The standard InChI is InChI=1S/C14H22N2O/c1-10-4-5-14(15)13(6-10)9-16-7-11(2)17-12(3)8-16/h4-6,11-12H,7-9,15H2,1-3H3/t11-,12+. The summed E-state index contributed by atoms with van der Waals surface area (Å²) in [6.07, 6.45) is 0.620. The molecule has 0 saturated carbocycles. The molecule has 1 aliphatic rings. The Morgan fingerprint density at radius 3 is 2.59 bits per heavy atom. The normalized spacial score (nSPS) is 26.1. The van der Waals surface area contributed by atoms with Crippen molar-refractivity contribution in [3.8, 4) is 0 Å². The molecule has 2 N–H and O–H groups in total. The van der Waals surface area contributed by atoms with Crippen molar-refractivity contribution in [2.45, 2.75) is 39.5 Å². The Kier molecular flexibility index (Phi) is 3.69. The van der Waals surface area contributed by atoms with Crippen LogP contribution in [0.5, 0.6) is 0 Å². The number of morpholine rings is 1. The Labute approximate surface area is 104 Å². The third kappa shape index (κ3) is 3.20. The van der Waals surface area contributed by atoms with Gasteiger partial charge in [0.05, 0.1) is 12.2 Å². The van der Waals surface area contributed by atoms with Gasteiger partial charge in [-0.05, 0) is 32.4 Å². The van der Waals surface area contributed by atoms with E-state index >= 15 is 0 Å². The van der Waals surface area contributed by atoms with E-state index in [-0.39, 0.29) is 0 Å². The van der Waals surface area contributed by atoms with Crippen molar-refractivity contribution >= 4 is 5.69 Å². The van der Waals surface area contributed by atoms with Crippen LogP contribution in [0.3, 0.4) is 0 Å². The van der Waals surface area contributed by atoms with Crippen LogP contribution in [0.2, 0.25) is 0 Å². The largest absolute Gasteiger partial charge is 0.398 e. The fourth-order valence-electron chi connectivity index (χ4n) is 2.53. The van der Waals surface area contributed by atoms with Crippen LogP contribution < -0.4 is 5.73 Å². The summed E-state index contributed by atoms with van der Waals surface area (Å²) < 4.78 is 5.74. The van der Waals surface area contributed by atoms with E-state index in [1.165, 1.54) is 11.1 Å². The van der Waals surface area contributed by atoms with Gasteiger partial charge in [-0.2, -0.15) is 0 Å². The lowest BCUT2D eigenvalue weighted by Gasteiger charge is -2.35. The predicted octanol–water partition coefficient (Wildman–Crippen LogP) is 2.19. The van der Waals surface area contributed by atoms with Gasteiger partial charge in [-0.15, -0.1) is 0 Å². The number of ether oxygens (including phenoxy) is 1. The first-order valence-electron chi connectivity index (χ1n) is 6.27. The molecule has 1 fully saturated rings. The maximum atomic E-state index is 6.02. The van der Waals surface area contributed by atoms with E-state index in [0.717, 1.165) is 25.3 Å². The molecule has 3 heteroatoms. The van der Waals surface area contributed by atoms with Crippen molar-refractivity contribution in [2.75, 3.05) is 18.8 Å². The molecule has 0 spiro atoms. The second-order valence-electron chi connectivity index (χ2n) is 5.15. The molecule has 3 nitrogen and oxygen atoms in total. The highest BCUT2D eigenvalue weighted by atomic mass is 16.5. The summed E-state index contributed by atoms with van der Waals surface area (Å²) in [7, 11) is 0. The van der Waals surface area contributed by atoms with Crippen LogP contribution in [0, 0.1) is 6.92 Å². The van der Waals surface area contributed by atoms with Crippen molar-refractivity contribution in [1.82, 2.24) is 4.90 Å². The summed E-state index contributed by atoms with van der Waals surface area (Å²) in [6, 6.07) is 6.24. The maximum absolute atomic E-state index is 6.02. The predicted molar refractivity (Wildman–Crippen MR) is 70.9 cm³/mol. The van der Waals surface area contributed by atoms with Gasteiger partial charge in [0.15, 0.2) is 0 Å². The fourth-order valence-corrected chi connectivity index (χ4v) is 2.53. The number of aryl methyl sites for hydroxylation is 1. The van der Waals surface area contributed by atoms with Crippen LogP contribution in [0.1, 0.15) is 25.0 Å². The smallest absolute Gasteiger partial charge is 0.0678 e. The van der Waals surface area contributed by atoms with Crippen molar-refractivity contribution < 1.29 is 4.74 Å². The average Bonchev–Trinajstić information content (AvgIpc) is 2.22. The Morgan fingerprint density at radius 2 is 1.94 bits per heavy atom. The van der Waals surface area contributed by atoms with Gasteiger partial charge in [0.1, 0.15) is 0 Å². The molecular weight excluding hydrogens is 212 g/mol. The first-order chi connectivity index (χ1) is 8.04. The molecule has 1 saturated heterocycles. The van der Waals surface area contributed by atoms with Gasteiger partial charge in [-0.3, -0.25) is 4.90 Å². The molecule has 0 aliphatic carbocycles. The Balaban J connectivity index is 2.07. The van der Waals surface area contributed by atoms with Crippen molar-refractivity contribution in [2.24, 2.45) is 0 Å². The molecule has 0 amide bonds. The lowest BCUT2D eigenvalue weighted by Crippen LogP contribution is -2.44. The minimum atomic E-state index is 0.310. The summed E-state index contributed by atoms with van der Waals surface area (Å²) in [4.78, 5) is 2.42. The number of benzene rings is 1. The molecule has 0 bridgehead atoms. The van der Waals surface area contributed by atoms with E-state index in [0.29, 0.717) is 12.2 Å². The third-order valence-electron chi connectivity index (χ3n) is 3.19. The van der Waals surface area contributed by atoms with E-state index in [1.807, 2.05) is 6.07 Å². The zero-order chi connectivity index (χ0) is 12.4. The second-order valence-corrected chi connectivity index (χ2v) is 5.15. The van der Waals surface area contributed by atoms with Crippen LogP contribution in [-0.4, -0.2) is 30.2 Å². The number of anilines is 1. The van der Waals surface area contributed by atoms with Crippen molar-refractivity contribution in [1.29, 1.82) is 0 Å². The fraction of sp³-hybridized carbons (Fsp3) is 0.571. The number of nitrogen functional groups attached to an aromatic ring is 1. The highest BCUT2D eigenvalue weighted by Gasteiger charge is 2.22. The summed E-state index contributed by atoms with van der Waals surface area (Å²) in [5.41, 5.74) is 9.40. The van der Waals surface area contributed by atoms with Gasteiger partial charge in [-0.1, -0.05) is 17.7 Å². The molecule has 94 valence electrons. The topological polar surface area (TPSA) is 38.5 Å². The van der Waals surface area contributed by atoms with E-state index < -0.39 is 0 Å². The molecule has 0 radical (unpaired) electrons. The first-order valence-corrected chi connectivity index (χ1v) is 6.27. The number of nitrogens with zero attached hydrogens (tertiary/aromatic N) is 1. The molecule has 0 unspecified atom stereocenters. The van der Waals surface area contributed by atoms with Gasteiger partial charge in [-0.25, -0.2) is 0 Å². The average molecular weight is 234 g/mol. The Morgan fingerprint density at radius 1 is 1.29 bits per heavy atom. The molecule has 1 aromatic carbocycles. The molecule has 2 rings (SSSR count). The van der Waals surface area contributed by atoms with Crippen LogP contribution in [0.4, 0.5) is 5.69 Å². The van der Waals surface area contributed by atoms with E-state index in [2.05, 4.69) is 37.8 Å². The third-order valence-corrected chi connectivity index (χ3v) is 3.19. The zero-order valence-electron chi connectivity index (χ0n) is 10.9. The monoisotopic (exact) mass is 234 g/mol. The molecule has 1 aromatic rings. The quantitative estimate of drug-likeness (QED) is 0.797. The van der Waals surface area contributed by atoms with Gasteiger partial charge < -0.3 is 10.5 Å². The van der Waals surface area contributed by atoms with Gasteiger partial charge >= 0.3 is 0 Å². The number of nitrogens with two attached hydrogens (primary N) is 1. The molecular formula is C14H22N2O. The van der Waals surface area contributed by atoms with Gasteiger partial charge in [0.2, 0.25) is 0 Å².